The van der Waals surface area contributed by atoms with Gasteiger partial charge in [-0.1, -0.05) is 6.08 Å². The molecule has 0 aliphatic carbocycles. The van der Waals surface area contributed by atoms with Crippen molar-refractivity contribution < 1.29 is 9.90 Å². The van der Waals surface area contributed by atoms with E-state index in [9.17, 15) is 9.90 Å². The van der Waals surface area contributed by atoms with Crippen molar-refractivity contribution in [1.29, 1.82) is 0 Å². The summed E-state index contributed by atoms with van der Waals surface area (Å²) >= 11 is 1.75. The summed E-state index contributed by atoms with van der Waals surface area (Å²) in [7, 11) is 0. The molecular formula is C9H15NO2S. The van der Waals surface area contributed by atoms with Crippen molar-refractivity contribution in [3.63, 3.8) is 0 Å². The third-order valence-electron chi connectivity index (χ3n) is 1.94. The zero-order chi connectivity index (χ0) is 9.68. The van der Waals surface area contributed by atoms with Crippen LogP contribution < -0.4 is 0 Å². The van der Waals surface area contributed by atoms with Crippen molar-refractivity contribution in [3.8, 4) is 0 Å². The van der Waals surface area contributed by atoms with Gasteiger partial charge >= 0.3 is 0 Å². The van der Waals surface area contributed by atoms with Crippen LogP contribution in [0.25, 0.3) is 0 Å². The Bertz CT molecular complexity index is 196. The molecule has 13 heavy (non-hydrogen) atoms. The third kappa shape index (κ3) is 3.40. The molecule has 1 unspecified atom stereocenters. The number of β-amino-alcohol motifs (C(OH)–C–C–N with tert-alkyl or cyclic N) is 1. The van der Waals surface area contributed by atoms with Gasteiger partial charge in [-0.2, -0.15) is 11.8 Å². The first kappa shape index (κ1) is 10.6. The number of nitrogens with zero attached hydrogens (tertiary/aromatic N) is 1. The van der Waals surface area contributed by atoms with Gasteiger partial charge in [0.05, 0.1) is 12.5 Å². The Morgan fingerprint density at radius 1 is 1.77 bits per heavy atom. The summed E-state index contributed by atoms with van der Waals surface area (Å²) in [4.78, 5) is 12.9. The van der Waals surface area contributed by atoms with Gasteiger partial charge in [-0.3, -0.25) is 4.79 Å². The number of hydrogen-bond acceptors (Lipinski definition) is 3. The molecule has 1 N–H and O–H groups in total. The van der Waals surface area contributed by atoms with Crippen LogP contribution in [0.1, 0.15) is 6.42 Å². The quantitative estimate of drug-likeness (QED) is 0.520. The van der Waals surface area contributed by atoms with E-state index in [1.54, 1.807) is 16.7 Å². The van der Waals surface area contributed by atoms with Crippen LogP contribution in [0.15, 0.2) is 12.7 Å². The second kappa shape index (κ2) is 5.29. The Hall–Kier alpha value is -0.480. The number of amides is 1. The molecule has 0 aromatic rings. The van der Waals surface area contributed by atoms with E-state index in [-0.39, 0.29) is 5.91 Å². The highest BCUT2D eigenvalue weighted by Gasteiger charge is 2.26. The van der Waals surface area contributed by atoms with Gasteiger partial charge in [0.2, 0.25) is 5.91 Å². The van der Waals surface area contributed by atoms with Crippen molar-refractivity contribution in [2.45, 2.75) is 12.5 Å². The average molecular weight is 201 g/mol. The summed E-state index contributed by atoms with van der Waals surface area (Å²) < 4.78 is 0. The Balaban J connectivity index is 2.14. The number of likely N-dealkylation sites (tertiary alicyclic amines) is 1. The van der Waals surface area contributed by atoms with Crippen molar-refractivity contribution in [2.24, 2.45) is 0 Å². The van der Waals surface area contributed by atoms with Crippen LogP contribution in [0.5, 0.6) is 0 Å². The molecule has 0 aromatic heterocycles. The fourth-order valence-electron chi connectivity index (χ4n) is 1.31. The van der Waals surface area contributed by atoms with E-state index >= 15 is 0 Å². The molecule has 0 spiro atoms. The third-order valence-corrected chi connectivity index (χ3v) is 2.88. The molecule has 1 fully saturated rings. The average Bonchev–Trinajstić information content (AvgIpc) is 2.39. The first-order chi connectivity index (χ1) is 6.24. The normalized spacial score (nSPS) is 22.4. The number of carbonyl (C=O) groups excluding carboxylic acids is 1. The molecule has 1 heterocycles. The van der Waals surface area contributed by atoms with E-state index in [4.69, 9.17) is 0 Å². The molecule has 0 aromatic carbocycles. The van der Waals surface area contributed by atoms with E-state index in [1.807, 2.05) is 6.08 Å². The van der Waals surface area contributed by atoms with Crippen LogP contribution in [-0.4, -0.2) is 46.6 Å². The smallest absolute Gasteiger partial charge is 0.225 e. The number of rotatable bonds is 5. The molecule has 0 bridgehead atoms. The summed E-state index contributed by atoms with van der Waals surface area (Å²) in [6, 6.07) is 0. The fourth-order valence-corrected chi connectivity index (χ4v) is 1.99. The lowest BCUT2D eigenvalue weighted by Crippen LogP contribution is -2.28. The Morgan fingerprint density at radius 3 is 3.08 bits per heavy atom. The number of aliphatic hydroxyl groups excluding tert-OH is 1. The largest absolute Gasteiger partial charge is 0.391 e. The maximum absolute atomic E-state index is 11.2. The lowest BCUT2D eigenvalue weighted by Gasteiger charge is -2.14. The highest BCUT2D eigenvalue weighted by molar-refractivity contribution is 7.99. The summed E-state index contributed by atoms with van der Waals surface area (Å²) in [5, 5.41) is 9.19. The Kier molecular flexibility index (Phi) is 4.32. The molecule has 0 radical (unpaired) electrons. The summed E-state index contributed by atoms with van der Waals surface area (Å²) in [5.74, 6) is 1.92. The molecule has 1 aliphatic heterocycles. The van der Waals surface area contributed by atoms with Crippen LogP contribution in [0.4, 0.5) is 0 Å². The zero-order valence-corrected chi connectivity index (χ0v) is 8.42. The predicted octanol–water partition coefficient (Wildman–Crippen LogP) is 0.499. The second-order valence-electron chi connectivity index (χ2n) is 3.06. The van der Waals surface area contributed by atoms with Gasteiger partial charge in [-0.25, -0.2) is 0 Å². The van der Waals surface area contributed by atoms with Gasteiger partial charge in [0.25, 0.3) is 0 Å². The van der Waals surface area contributed by atoms with E-state index in [1.165, 1.54) is 0 Å². The highest BCUT2D eigenvalue weighted by Crippen LogP contribution is 2.11. The number of thioether (sulfide) groups is 1. The Morgan fingerprint density at radius 2 is 2.54 bits per heavy atom. The molecule has 4 heteroatoms. The second-order valence-corrected chi connectivity index (χ2v) is 4.21. The van der Waals surface area contributed by atoms with Gasteiger partial charge in [0, 0.05) is 24.6 Å². The predicted molar refractivity (Wildman–Crippen MR) is 54.7 cm³/mol. The number of aliphatic hydroxyl groups is 1. The summed E-state index contributed by atoms with van der Waals surface area (Å²) in [5.41, 5.74) is 0. The maximum atomic E-state index is 11.2. The lowest BCUT2D eigenvalue weighted by atomic mass is 10.3. The van der Waals surface area contributed by atoms with Crippen molar-refractivity contribution in [2.75, 3.05) is 24.6 Å². The summed E-state index contributed by atoms with van der Waals surface area (Å²) in [6.45, 7) is 4.87. The van der Waals surface area contributed by atoms with E-state index < -0.39 is 6.10 Å². The van der Waals surface area contributed by atoms with Gasteiger partial charge in [-0.15, -0.1) is 6.58 Å². The lowest BCUT2D eigenvalue weighted by molar-refractivity contribution is -0.127. The van der Waals surface area contributed by atoms with Crippen molar-refractivity contribution in [3.05, 3.63) is 12.7 Å². The fraction of sp³-hybridized carbons (Fsp3) is 0.667. The van der Waals surface area contributed by atoms with E-state index in [2.05, 4.69) is 6.58 Å². The SMILES string of the molecule is C=CCSCCN1CC(O)CC1=O. The minimum atomic E-state index is -0.447. The number of carbonyl (C=O) groups is 1. The van der Waals surface area contributed by atoms with Crippen LogP contribution >= 0.6 is 11.8 Å². The van der Waals surface area contributed by atoms with Crippen LogP contribution in [-0.2, 0) is 4.79 Å². The van der Waals surface area contributed by atoms with E-state index in [0.29, 0.717) is 13.0 Å². The molecule has 1 rings (SSSR count). The van der Waals surface area contributed by atoms with Crippen LogP contribution in [0.3, 0.4) is 0 Å². The van der Waals surface area contributed by atoms with Gasteiger partial charge in [0.1, 0.15) is 0 Å². The van der Waals surface area contributed by atoms with E-state index in [0.717, 1.165) is 18.1 Å². The van der Waals surface area contributed by atoms with Gasteiger partial charge in [0.15, 0.2) is 0 Å². The maximum Gasteiger partial charge on any atom is 0.225 e. The summed E-state index contributed by atoms with van der Waals surface area (Å²) in [6.07, 6.45) is 1.70. The monoisotopic (exact) mass is 201 g/mol. The van der Waals surface area contributed by atoms with Crippen molar-refractivity contribution >= 4 is 17.7 Å². The number of hydrogen-bond donors (Lipinski definition) is 1. The van der Waals surface area contributed by atoms with Gasteiger partial charge in [-0.05, 0) is 0 Å². The molecule has 1 amide bonds. The first-order valence-electron chi connectivity index (χ1n) is 4.38. The van der Waals surface area contributed by atoms with Crippen LogP contribution in [0, 0.1) is 0 Å². The standard InChI is InChI=1S/C9H15NO2S/c1-2-4-13-5-3-10-7-8(11)6-9(10)12/h2,8,11H,1,3-7H2. The zero-order valence-electron chi connectivity index (χ0n) is 7.61. The topological polar surface area (TPSA) is 40.5 Å². The molecule has 74 valence electrons. The highest BCUT2D eigenvalue weighted by atomic mass is 32.2. The Labute approximate surface area is 82.8 Å². The molecule has 1 saturated heterocycles. The van der Waals surface area contributed by atoms with Crippen molar-refractivity contribution in [1.82, 2.24) is 4.90 Å². The molecular weight excluding hydrogens is 186 g/mol. The van der Waals surface area contributed by atoms with Gasteiger partial charge < -0.3 is 10.0 Å². The molecule has 0 saturated carbocycles. The van der Waals surface area contributed by atoms with Crippen LogP contribution in [0.2, 0.25) is 0 Å². The first-order valence-corrected chi connectivity index (χ1v) is 5.54. The minimum Gasteiger partial charge on any atom is -0.391 e. The minimum absolute atomic E-state index is 0.0757. The molecule has 1 aliphatic rings. The molecule has 1 atom stereocenters. The molecule has 3 nitrogen and oxygen atoms in total.